The van der Waals surface area contributed by atoms with Gasteiger partial charge in [0, 0.05) is 26.2 Å². The molecule has 0 bridgehead atoms. The molecule has 0 spiro atoms. The fourth-order valence-corrected chi connectivity index (χ4v) is 5.46. The van der Waals surface area contributed by atoms with Crippen LogP contribution in [0.2, 0.25) is 0 Å². The summed E-state index contributed by atoms with van der Waals surface area (Å²) in [5.74, 6) is 1.36. The predicted octanol–water partition coefficient (Wildman–Crippen LogP) is 3.23. The van der Waals surface area contributed by atoms with Crippen LogP contribution >= 0.6 is 27.3 Å². The predicted molar refractivity (Wildman–Crippen MR) is 134 cm³/mol. The van der Waals surface area contributed by atoms with Crippen molar-refractivity contribution in [2.45, 2.75) is 19.9 Å². The van der Waals surface area contributed by atoms with E-state index in [9.17, 15) is 9.59 Å². The smallest absolute Gasteiger partial charge is 0.338 e. The van der Waals surface area contributed by atoms with E-state index in [1.807, 2.05) is 37.2 Å². The molecular weight excluding hydrogens is 522 g/mol. The Bertz CT molecular complexity index is 1450. The van der Waals surface area contributed by atoms with Crippen LogP contribution in [0.15, 0.2) is 60.3 Å². The first-order chi connectivity index (χ1) is 16.2. The van der Waals surface area contributed by atoms with Crippen molar-refractivity contribution >= 4 is 45.2 Å². The van der Waals surface area contributed by atoms with Crippen LogP contribution in [0.3, 0.4) is 0 Å². The van der Waals surface area contributed by atoms with E-state index in [2.05, 4.69) is 20.9 Å². The summed E-state index contributed by atoms with van der Waals surface area (Å²) in [5, 5.41) is 0. The van der Waals surface area contributed by atoms with Crippen molar-refractivity contribution in [2.75, 3.05) is 32.7 Å². The molecule has 0 fully saturated rings. The molecule has 0 radical (unpaired) electrons. The minimum absolute atomic E-state index is 0.219. The van der Waals surface area contributed by atoms with Crippen LogP contribution in [-0.4, -0.2) is 38.3 Å². The Balaban J connectivity index is 1.92. The molecule has 10 heteroatoms. The van der Waals surface area contributed by atoms with Gasteiger partial charge >= 0.3 is 5.97 Å². The van der Waals surface area contributed by atoms with Gasteiger partial charge in [-0.2, -0.15) is 0 Å². The summed E-state index contributed by atoms with van der Waals surface area (Å²) in [6.45, 7) is 3.72. The maximum atomic E-state index is 13.6. The van der Waals surface area contributed by atoms with Gasteiger partial charge in [0.1, 0.15) is 11.5 Å². The highest BCUT2D eigenvalue weighted by atomic mass is 79.9. The number of carbonyl (C=O) groups excluding carboxylic acids is 1. The number of rotatable bonds is 6. The van der Waals surface area contributed by atoms with E-state index >= 15 is 0 Å². The summed E-state index contributed by atoms with van der Waals surface area (Å²) in [6, 6.07) is 8.41. The molecule has 3 aromatic rings. The molecule has 0 aliphatic carbocycles. The average Bonchev–Trinajstić information content (AvgIpc) is 3.32. The second kappa shape index (κ2) is 9.63. The van der Waals surface area contributed by atoms with Crippen molar-refractivity contribution in [3.63, 3.8) is 0 Å². The second-order valence-corrected chi connectivity index (χ2v) is 9.64. The molecule has 1 aromatic carbocycles. The Morgan fingerprint density at radius 2 is 2.03 bits per heavy atom. The zero-order chi connectivity index (χ0) is 24.6. The lowest BCUT2D eigenvalue weighted by Crippen LogP contribution is -2.39. The number of hydrogen-bond donors (Lipinski definition) is 0. The van der Waals surface area contributed by atoms with Gasteiger partial charge in [-0.3, -0.25) is 9.36 Å². The molecule has 0 unspecified atom stereocenters. The average molecular weight is 546 g/mol. The highest BCUT2D eigenvalue weighted by molar-refractivity contribution is 9.10. The lowest BCUT2D eigenvalue weighted by Gasteiger charge is -2.24. The first-order valence-corrected chi connectivity index (χ1v) is 12.2. The molecule has 1 aliphatic rings. The third-order valence-corrected chi connectivity index (χ3v) is 6.87. The Kier molecular flexibility index (Phi) is 6.81. The number of carbonyl (C=O) groups is 1. The fraction of sp³-hybridized carbons (Fsp3) is 0.292. The maximum absolute atomic E-state index is 13.6. The lowest BCUT2D eigenvalue weighted by atomic mass is 9.96. The van der Waals surface area contributed by atoms with E-state index in [1.165, 1.54) is 11.3 Å². The van der Waals surface area contributed by atoms with Gasteiger partial charge in [0.25, 0.3) is 5.56 Å². The van der Waals surface area contributed by atoms with Gasteiger partial charge in [-0.25, -0.2) is 9.79 Å². The molecule has 0 saturated carbocycles. The molecule has 178 valence electrons. The van der Waals surface area contributed by atoms with Crippen molar-refractivity contribution < 1.29 is 18.7 Å². The van der Waals surface area contributed by atoms with Gasteiger partial charge in [0.05, 0.1) is 40.0 Å². The number of nitrogens with zero attached hydrogens (tertiary/aromatic N) is 3. The third-order valence-electron chi connectivity index (χ3n) is 5.32. The zero-order valence-electron chi connectivity index (χ0n) is 19.4. The van der Waals surface area contributed by atoms with Crippen LogP contribution in [0.5, 0.6) is 5.75 Å². The van der Waals surface area contributed by atoms with Gasteiger partial charge in [-0.15, -0.1) is 0 Å². The number of fused-ring (bicyclic) bond motifs is 1. The van der Waals surface area contributed by atoms with Crippen molar-refractivity contribution in [1.82, 2.24) is 4.57 Å². The quantitative estimate of drug-likeness (QED) is 0.442. The number of benzene rings is 1. The lowest BCUT2D eigenvalue weighted by molar-refractivity contribution is -0.139. The molecule has 4 rings (SSSR count). The van der Waals surface area contributed by atoms with E-state index in [0.717, 1.165) is 10.0 Å². The molecule has 8 nitrogen and oxygen atoms in total. The van der Waals surface area contributed by atoms with Gasteiger partial charge < -0.3 is 18.8 Å². The highest BCUT2D eigenvalue weighted by Gasteiger charge is 2.33. The Morgan fingerprint density at radius 1 is 1.32 bits per heavy atom. The first-order valence-electron chi connectivity index (χ1n) is 10.6. The van der Waals surface area contributed by atoms with Gasteiger partial charge in [0.2, 0.25) is 5.88 Å². The van der Waals surface area contributed by atoms with Crippen LogP contribution in [0.4, 0.5) is 5.88 Å². The van der Waals surface area contributed by atoms with E-state index in [-0.39, 0.29) is 12.2 Å². The van der Waals surface area contributed by atoms with E-state index in [4.69, 9.17) is 13.9 Å². The molecule has 1 atom stereocenters. The number of allylic oxidation sites excluding steroid dienone is 1. The number of furan rings is 1. The second-order valence-electron chi connectivity index (χ2n) is 7.77. The number of esters is 1. The summed E-state index contributed by atoms with van der Waals surface area (Å²) in [5.41, 5.74) is 1.34. The number of hydrogen-bond acceptors (Lipinski definition) is 8. The van der Waals surface area contributed by atoms with E-state index < -0.39 is 12.0 Å². The highest BCUT2D eigenvalue weighted by Crippen LogP contribution is 2.32. The van der Waals surface area contributed by atoms with Gasteiger partial charge in [-0.05, 0) is 47.5 Å². The Morgan fingerprint density at radius 3 is 2.62 bits per heavy atom. The molecule has 2 aromatic heterocycles. The molecular formula is C24H24BrN3O5S. The molecule has 0 N–H and O–H groups in total. The SMILES string of the molecule is CCOC(=O)C1=C(C)N=c2s/c(=C/c3cc(Br)c(N(C)C)o3)c(=O)n2[C@H]1c1ccc(OC)cc1. The van der Waals surface area contributed by atoms with E-state index in [1.54, 1.807) is 43.7 Å². The Hall–Kier alpha value is -3.11. The van der Waals surface area contributed by atoms with Gasteiger partial charge in [0.15, 0.2) is 4.80 Å². The van der Waals surface area contributed by atoms with Crippen LogP contribution < -0.4 is 24.5 Å². The van der Waals surface area contributed by atoms with Crippen LogP contribution in [-0.2, 0) is 9.53 Å². The summed E-state index contributed by atoms with van der Waals surface area (Å²) in [6.07, 6.45) is 1.69. The molecule has 1 aliphatic heterocycles. The molecule has 34 heavy (non-hydrogen) atoms. The monoisotopic (exact) mass is 545 g/mol. The van der Waals surface area contributed by atoms with Crippen molar-refractivity contribution in [3.8, 4) is 5.75 Å². The minimum Gasteiger partial charge on any atom is -0.497 e. The van der Waals surface area contributed by atoms with Gasteiger partial charge in [-0.1, -0.05) is 23.5 Å². The number of thiazole rings is 1. The number of aromatic nitrogens is 1. The molecule has 0 amide bonds. The summed E-state index contributed by atoms with van der Waals surface area (Å²) < 4.78 is 19.2. The van der Waals surface area contributed by atoms with Crippen molar-refractivity contribution in [1.29, 1.82) is 0 Å². The topological polar surface area (TPSA) is 86.3 Å². The molecule has 3 heterocycles. The standard InChI is InChI=1S/C24H24BrN3O5S/c1-6-32-23(30)19-13(2)26-24-28(20(19)14-7-9-15(31-5)10-8-14)21(29)18(34-24)12-16-11-17(25)22(33-16)27(3)4/h7-12,20H,6H2,1-5H3/b18-12+/t20-/m0/s1. The van der Waals surface area contributed by atoms with E-state index in [0.29, 0.717) is 38.0 Å². The normalized spacial score (nSPS) is 15.7. The maximum Gasteiger partial charge on any atom is 0.338 e. The summed E-state index contributed by atoms with van der Waals surface area (Å²) >= 11 is 4.73. The summed E-state index contributed by atoms with van der Waals surface area (Å²) in [7, 11) is 5.33. The number of ether oxygens (including phenoxy) is 2. The summed E-state index contributed by atoms with van der Waals surface area (Å²) in [4.78, 5) is 33.4. The van der Waals surface area contributed by atoms with Crippen LogP contribution in [0.1, 0.15) is 31.2 Å². The van der Waals surface area contributed by atoms with Crippen molar-refractivity contribution in [2.24, 2.45) is 4.99 Å². The minimum atomic E-state index is -0.677. The van der Waals surface area contributed by atoms with Crippen LogP contribution in [0, 0.1) is 0 Å². The zero-order valence-corrected chi connectivity index (χ0v) is 21.8. The number of halogens is 1. The Labute approximate surface area is 208 Å². The molecule has 0 saturated heterocycles. The van der Waals surface area contributed by atoms with Crippen molar-refractivity contribution in [3.05, 3.63) is 77.1 Å². The largest absolute Gasteiger partial charge is 0.497 e. The first kappa shape index (κ1) is 24.0. The third kappa shape index (κ3) is 4.35. The number of methoxy groups -OCH3 is 1. The number of anilines is 1. The van der Waals surface area contributed by atoms with Crippen LogP contribution in [0.25, 0.3) is 6.08 Å². The fourth-order valence-electron chi connectivity index (χ4n) is 3.77.